The Morgan fingerprint density at radius 3 is 2.69 bits per heavy atom. The minimum Gasteiger partial charge on any atom is -0.349 e. The number of carbonyl (C=O) groups is 2. The van der Waals surface area contributed by atoms with Crippen LogP contribution in [0.2, 0.25) is 0 Å². The molecule has 1 fully saturated rings. The second-order valence-corrected chi connectivity index (χ2v) is 3.92. The third kappa shape index (κ3) is 2.62. The van der Waals surface area contributed by atoms with Crippen molar-refractivity contribution in [3.8, 4) is 0 Å². The summed E-state index contributed by atoms with van der Waals surface area (Å²) in [6.07, 6.45) is 5.54. The molecule has 0 unspecified atom stereocenters. The lowest BCUT2D eigenvalue weighted by Gasteiger charge is -2.21. The third-order valence-corrected chi connectivity index (χ3v) is 2.72. The SMILES string of the molecule is O=C1CCC(NC(=O)c2ccnnc2)CC1. The molecule has 0 radical (unpaired) electrons. The summed E-state index contributed by atoms with van der Waals surface area (Å²) in [7, 11) is 0. The molecule has 0 bridgehead atoms. The third-order valence-electron chi connectivity index (χ3n) is 2.72. The molecule has 16 heavy (non-hydrogen) atoms. The van der Waals surface area contributed by atoms with Gasteiger partial charge in [-0.2, -0.15) is 10.2 Å². The van der Waals surface area contributed by atoms with E-state index in [2.05, 4.69) is 15.5 Å². The zero-order valence-electron chi connectivity index (χ0n) is 8.85. The highest BCUT2D eigenvalue weighted by Gasteiger charge is 2.20. The largest absolute Gasteiger partial charge is 0.349 e. The molecule has 0 aromatic carbocycles. The number of Topliss-reactive ketones (excluding diaryl/α,β-unsaturated/α-hetero) is 1. The van der Waals surface area contributed by atoms with Gasteiger partial charge in [-0.25, -0.2) is 0 Å². The molecular weight excluding hydrogens is 206 g/mol. The summed E-state index contributed by atoms with van der Waals surface area (Å²) in [5.41, 5.74) is 0.506. The van der Waals surface area contributed by atoms with Gasteiger partial charge in [-0.1, -0.05) is 0 Å². The Kier molecular flexibility index (Phi) is 3.24. The first-order chi connectivity index (χ1) is 7.75. The van der Waals surface area contributed by atoms with Crippen LogP contribution in [0.1, 0.15) is 36.0 Å². The van der Waals surface area contributed by atoms with E-state index >= 15 is 0 Å². The van der Waals surface area contributed by atoms with Gasteiger partial charge in [0.15, 0.2) is 0 Å². The molecule has 1 aromatic heterocycles. The van der Waals surface area contributed by atoms with Crippen LogP contribution in [0, 0.1) is 0 Å². The zero-order valence-corrected chi connectivity index (χ0v) is 8.85. The first-order valence-corrected chi connectivity index (χ1v) is 5.35. The van der Waals surface area contributed by atoms with Crippen molar-refractivity contribution < 1.29 is 9.59 Å². The van der Waals surface area contributed by atoms with E-state index in [9.17, 15) is 9.59 Å². The van der Waals surface area contributed by atoms with Gasteiger partial charge < -0.3 is 5.32 Å². The van der Waals surface area contributed by atoms with E-state index in [1.165, 1.54) is 12.4 Å². The van der Waals surface area contributed by atoms with Crippen LogP contribution in [0.15, 0.2) is 18.5 Å². The number of ketones is 1. The lowest BCUT2D eigenvalue weighted by molar-refractivity contribution is -0.120. The molecule has 1 N–H and O–H groups in total. The van der Waals surface area contributed by atoms with E-state index in [1.807, 2.05) is 0 Å². The van der Waals surface area contributed by atoms with Crippen molar-refractivity contribution in [3.05, 3.63) is 24.0 Å². The number of hydrogen-bond acceptors (Lipinski definition) is 4. The number of rotatable bonds is 2. The Morgan fingerprint density at radius 1 is 1.31 bits per heavy atom. The van der Waals surface area contributed by atoms with Crippen molar-refractivity contribution in [2.45, 2.75) is 31.7 Å². The van der Waals surface area contributed by atoms with Crippen LogP contribution in [0.3, 0.4) is 0 Å². The Bertz CT molecular complexity index is 381. The summed E-state index contributed by atoms with van der Waals surface area (Å²) < 4.78 is 0. The standard InChI is InChI=1S/C11H13N3O2/c15-10-3-1-9(2-4-10)14-11(16)8-5-6-12-13-7-8/h5-7,9H,1-4H2,(H,14,16). The Hall–Kier alpha value is -1.78. The highest BCUT2D eigenvalue weighted by molar-refractivity contribution is 5.94. The number of nitrogens with one attached hydrogen (secondary N) is 1. The van der Waals surface area contributed by atoms with E-state index in [0.717, 1.165) is 12.8 Å². The molecular formula is C11H13N3O2. The molecule has 5 heteroatoms. The van der Waals surface area contributed by atoms with Crippen LogP contribution in [-0.2, 0) is 4.79 Å². The lowest BCUT2D eigenvalue weighted by atomic mass is 9.94. The Balaban J connectivity index is 1.91. The van der Waals surface area contributed by atoms with Gasteiger partial charge in [-0.3, -0.25) is 9.59 Å². The highest BCUT2D eigenvalue weighted by atomic mass is 16.1. The maximum absolute atomic E-state index is 11.7. The lowest BCUT2D eigenvalue weighted by Crippen LogP contribution is -2.37. The normalized spacial score (nSPS) is 17.1. The van der Waals surface area contributed by atoms with Gasteiger partial charge in [0, 0.05) is 18.9 Å². The zero-order chi connectivity index (χ0) is 11.4. The Labute approximate surface area is 93.3 Å². The molecule has 1 aliphatic carbocycles. The number of aromatic nitrogens is 2. The highest BCUT2D eigenvalue weighted by Crippen LogP contribution is 2.15. The topological polar surface area (TPSA) is 72.0 Å². The minimum absolute atomic E-state index is 0.110. The summed E-state index contributed by atoms with van der Waals surface area (Å²) in [5.74, 6) is 0.144. The van der Waals surface area contributed by atoms with Crippen LogP contribution in [-0.4, -0.2) is 27.9 Å². The van der Waals surface area contributed by atoms with Crippen molar-refractivity contribution in [1.82, 2.24) is 15.5 Å². The fraction of sp³-hybridized carbons (Fsp3) is 0.455. The monoisotopic (exact) mass is 219 g/mol. The molecule has 84 valence electrons. The molecule has 1 aromatic rings. The molecule has 0 spiro atoms. The minimum atomic E-state index is -0.144. The fourth-order valence-corrected chi connectivity index (χ4v) is 1.78. The van der Waals surface area contributed by atoms with Gasteiger partial charge >= 0.3 is 0 Å². The molecule has 5 nitrogen and oxygen atoms in total. The number of hydrogen-bond donors (Lipinski definition) is 1. The van der Waals surface area contributed by atoms with Gasteiger partial charge in [-0.15, -0.1) is 0 Å². The molecule has 0 aliphatic heterocycles. The molecule has 1 amide bonds. The van der Waals surface area contributed by atoms with Gasteiger partial charge in [0.25, 0.3) is 5.91 Å². The average molecular weight is 219 g/mol. The summed E-state index contributed by atoms with van der Waals surface area (Å²) in [6, 6.07) is 1.73. The second-order valence-electron chi connectivity index (χ2n) is 3.92. The van der Waals surface area contributed by atoms with Crippen LogP contribution in [0.4, 0.5) is 0 Å². The molecule has 1 heterocycles. The van der Waals surface area contributed by atoms with Crippen LogP contribution >= 0.6 is 0 Å². The van der Waals surface area contributed by atoms with Gasteiger partial charge in [0.2, 0.25) is 0 Å². The molecule has 1 aliphatic rings. The number of amides is 1. The molecule has 2 rings (SSSR count). The maximum Gasteiger partial charge on any atom is 0.253 e. The van der Waals surface area contributed by atoms with Gasteiger partial charge in [-0.05, 0) is 18.9 Å². The van der Waals surface area contributed by atoms with Crippen molar-refractivity contribution in [2.24, 2.45) is 0 Å². The maximum atomic E-state index is 11.7. The van der Waals surface area contributed by atoms with E-state index in [-0.39, 0.29) is 17.7 Å². The van der Waals surface area contributed by atoms with Gasteiger partial charge in [0.1, 0.15) is 5.78 Å². The van der Waals surface area contributed by atoms with Crippen molar-refractivity contribution in [1.29, 1.82) is 0 Å². The summed E-state index contributed by atoms with van der Waals surface area (Å²) in [4.78, 5) is 22.8. The number of carbonyl (C=O) groups excluding carboxylic acids is 2. The average Bonchev–Trinajstić information content (AvgIpc) is 2.33. The fourth-order valence-electron chi connectivity index (χ4n) is 1.78. The Morgan fingerprint density at radius 2 is 2.06 bits per heavy atom. The smallest absolute Gasteiger partial charge is 0.253 e. The van der Waals surface area contributed by atoms with Crippen molar-refractivity contribution in [2.75, 3.05) is 0 Å². The summed E-state index contributed by atoms with van der Waals surface area (Å²) in [5, 5.41) is 10.2. The van der Waals surface area contributed by atoms with Crippen molar-refractivity contribution >= 4 is 11.7 Å². The molecule has 0 saturated heterocycles. The first-order valence-electron chi connectivity index (χ1n) is 5.35. The molecule has 0 atom stereocenters. The predicted molar refractivity (Wildman–Crippen MR) is 56.8 cm³/mol. The molecule has 1 saturated carbocycles. The van der Waals surface area contributed by atoms with E-state index in [0.29, 0.717) is 18.4 Å². The van der Waals surface area contributed by atoms with E-state index in [1.54, 1.807) is 6.07 Å². The van der Waals surface area contributed by atoms with E-state index in [4.69, 9.17) is 0 Å². The van der Waals surface area contributed by atoms with E-state index < -0.39 is 0 Å². The quantitative estimate of drug-likeness (QED) is 0.795. The van der Waals surface area contributed by atoms with Crippen LogP contribution in [0.5, 0.6) is 0 Å². The summed E-state index contributed by atoms with van der Waals surface area (Å²) >= 11 is 0. The van der Waals surface area contributed by atoms with Crippen molar-refractivity contribution in [3.63, 3.8) is 0 Å². The van der Waals surface area contributed by atoms with Crippen LogP contribution < -0.4 is 5.32 Å². The second kappa shape index (κ2) is 4.83. The predicted octanol–water partition coefficient (Wildman–Crippen LogP) is 0.718. The van der Waals surface area contributed by atoms with Gasteiger partial charge in [0.05, 0.1) is 18.0 Å². The summed E-state index contributed by atoms with van der Waals surface area (Å²) in [6.45, 7) is 0. The number of nitrogens with zero attached hydrogens (tertiary/aromatic N) is 2. The first kappa shape index (κ1) is 10.7. The van der Waals surface area contributed by atoms with Crippen LogP contribution in [0.25, 0.3) is 0 Å².